The summed E-state index contributed by atoms with van der Waals surface area (Å²) in [6.07, 6.45) is 0. The highest BCUT2D eigenvalue weighted by atomic mass is 15.5. The van der Waals surface area contributed by atoms with Gasteiger partial charge in [0.1, 0.15) is 0 Å². The lowest BCUT2D eigenvalue weighted by atomic mass is 10.0. The Balaban J connectivity index is 1.44. The third-order valence-electron chi connectivity index (χ3n) is 6.34. The molecule has 3 heteroatoms. The van der Waals surface area contributed by atoms with E-state index in [9.17, 15) is 0 Å². The predicted octanol–water partition coefficient (Wildman–Crippen LogP) is 6.34. The van der Waals surface area contributed by atoms with Gasteiger partial charge in [-0.1, -0.05) is 78.9 Å². The largest absolute Gasteiger partial charge is 0.308 e. The van der Waals surface area contributed by atoms with E-state index in [1.165, 1.54) is 33.3 Å². The lowest BCUT2D eigenvalue weighted by Gasteiger charge is -2.27. The van der Waals surface area contributed by atoms with E-state index in [1.807, 2.05) is 0 Å². The molecule has 0 spiro atoms. The first-order chi connectivity index (χ1) is 14.8. The second-order valence-electron chi connectivity index (χ2n) is 8.11. The number of guanidine groups is 1. The average molecular weight is 390 g/mol. The second-order valence-corrected chi connectivity index (χ2v) is 8.11. The number of para-hydroxylation sites is 2. The topological polar surface area (TPSA) is 18.8 Å². The first kappa shape index (κ1) is 17.3. The van der Waals surface area contributed by atoms with Crippen LogP contribution in [0.4, 0.5) is 11.4 Å². The van der Waals surface area contributed by atoms with Crippen molar-refractivity contribution in [3.05, 3.63) is 108 Å². The molecule has 0 aromatic heterocycles. The van der Waals surface area contributed by atoms with Crippen LogP contribution in [0.5, 0.6) is 0 Å². The minimum Gasteiger partial charge on any atom is -0.308 e. The van der Waals surface area contributed by atoms with E-state index >= 15 is 0 Å². The number of hydrogen-bond donors (Lipinski definition) is 0. The molecule has 0 amide bonds. The lowest BCUT2D eigenvalue weighted by molar-refractivity contribution is 0.774. The molecule has 6 rings (SSSR count). The van der Waals surface area contributed by atoms with Gasteiger partial charge in [-0.15, -0.1) is 0 Å². The SMILES string of the molecule is C[C@H](c1ccc2ccccc2c1)N1C2=N[C@H](c3ccccc3)CN2c2ccccc21. The number of nitrogens with zero attached hydrogens (tertiary/aromatic N) is 3. The summed E-state index contributed by atoms with van der Waals surface area (Å²) in [5.41, 5.74) is 5.07. The van der Waals surface area contributed by atoms with Crippen molar-refractivity contribution in [2.24, 2.45) is 4.99 Å². The summed E-state index contributed by atoms with van der Waals surface area (Å²) < 4.78 is 0. The van der Waals surface area contributed by atoms with Crippen molar-refractivity contribution in [1.29, 1.82) is 0 Å². The Bertz CT molecular complexity index is 1260. The highest BCUT2D eigenvalue weighted by Gasteiger charge is 2.41. The normalized spacial score (nSPS) is 18.3. The molecule has 146 valence electrons. The summed E-state index contributed by atoms with van der Waals surface area (Å²) in [6, 6.07) is 35.0. The summed E-state index contributed by atoms with van der Waals surface area (Å²) in [5.74, 6) is 1.06. The molecule has 0 unspecified atom stereocenters. The Hall–Kier alpha value is -3.59. The van der Waals surface area contributed by atoms with E-state index in [0.717, 1.165) is 12.5 Å². The zero-order valence-electron chi connectivity index (χ0n) is 16.9. The number of benzene rings is 4. The fourth-order valence-electron chi connectivity index (χ4n) is 4.76. The molecule has 0 radical (unpaired) electrons. The Kier molecular flexibility index (Phi) is 3.88. The maximum Gasteiger partial charge on any atom is 0.207 e. The second kappa shape index (κ2) is 6.74. The first-order valence-electron chi connectivity index (χ1n) is 10.6. The van der Waals surface area contributed by atoms with Crippen molar-refractivity contribution in [3.63, 3.8) is 0 Å². The molecule has 2 heterocycles. The van der Waals surface area contributed by atoms with Crippen LogP contribution in [-0.4, -0.2) is 12.5 Å². The molecular weight excluding hydrogens is 366 g/mol. The molecule has 4 aromatic carbocycles. The third kappa shape index (κ3) is 2.62. The summed E-state index contributed by atoms with van der Waals surface area (Å²) in [4.78, 5) is 9.98. The quantitative estimate of drug-likeness (QED) is 0.407. The fraction of sp³-hybridized carbons (Fsp3) is 0.148. The molecule has 3 nitrogen and oxygen atoms in total. The molecule has 30 heavy (non-hydrogen) atoms. The van der Waals surface area contributed by atoms with Crippen LogP contribution in [0.1, 0.15) is 30.1 Å². The number of anilines is 2. The van der Waals surface area contributed by atoms with Gasteiger partial charge in [-0.3, -0.25) is 0 Å². The Morgan fingerprint density at radius 1 is 0.767 bits per heavy atom. The minimum absolute atomic E-state index is 0.167. The molecule has 4 aromatic rings. The highest BCUT2D eigenvalue weighted by molar-refractivity contribution is 6.17. The van der Waals surface area contributed by atoms with Gasteiger partial charge in [0.05, 0.1) is 30.0 Å². The molecule has 0 saturated carbocycles. The van der Waals surface area contributed by atoms with Crippen molar-refractivity contribution >= 4 is 28.1 Å². The average Bonchev–Trinajstić information content (AvgIpc) is 3.36. The maximum atomic E-state index is 5.19. The zero-order valence-corrected chi connectivity index (χ0v) is 16.9. The zero-order chi connectivity index (χ0) is 20.1. The molecule has 0 aliphatic carbocycles. The highest BCUT2D eigenvalue weighted by Crippen LogP contribution is 2.46. The maximum absolute atomic E-state index is 5.19. The molecule has 0 N–H and O–H groups in total. The summed E-state index contributed by atoms with van der Waals surface area (Å²) in [7, 11) is 0. The van der Waals surface area contributed by atoms with E-state index in [2.05, 4.69) is 114 Å². The fourth-order valence-corrected chi connectivity index (χ4v) is 4.76. The number of rotatable bonds is 3. The van der Waals surface area contributed by atoms with Crippen molar-refractivity contribution in [2.75, 3.05) is 16.3 Å². The molecule has 2 aliphatic heterocycles. The van der Waals surface area contributed by atoms with Crippen LogP contribution >= 0.6 is 0 Å². The Labute approximate surface area is 176 Å². The van der Waals surface area contributed by atoms with Crippen molar-refractivity contribution in [1.82, 2.24) is 0 Å². The standard InChI is InChI=1S/C27H23N3/c1-19(22-16-15-20-9-5-6-12-23(20)17-22)30-26-14-8-7-13-25(26)29-18-24(28-27(29)30)21-10-3-2-4-11-21/h2-17,19,24H,18H2,1H3/t19-,24+/m1/s1. The van der Waals surface area contributed by atoms with Gasteiger partial charge in [0.2, 0.25) is 5.96 Å². The van der Waals surface area contributed by atoms with Gasteiger partial charge in [-0.2, -0.15) is 0 Å². The lowest BCUT2D eigenvalue weighted by Crippen LogP contribution is -2.37. The van der Waals surface area contributed by atoms with Crippen molar-refractivity contribution < 1.29 is 0 Å². The Morgan fingerprint density at radius 2 is 1.47 bits per heavy atom. The van der Waals surface area contributed by atoms with Crippen LogP contribution < -0.4 is 9.80 Å². The first-order valence-corrected chi connectivity index (χ1v) is 10.6. The summed E-state index contributed by atoms with van der Waals surface area (Å²) in [6.45, 7) is 3.17. The third-order valence-corrected chi connectivity index (χ3v) is 6.34. The van der Waals surface area contributed by atoms with Crippen LogP contribution in [-0.2, 0) is 0 Å². The smallest absolute Gasteiger partial charge is 0.207 e. The van der Waals surface area contributed by atoms with Crippen LogP contribution in [0.2, 0.25) is 0 Å². The van der Waals surface area contributed by atoms with Crippen LogP contribution in [0.3, 0.4) is 0 Å². The van der Waals surface area contributed by atoms with E-state index in [0.29, 0.717) is 0 Å². The predicted molar refractivity (Wildman–Crippen MR) is 125 cm³/mol. The van der Waals surface area contributed by atoms with Gasteiger partial charge in [0.15, 0.2) is 0 Å². The summed E-state index contributed by atoms with van der Waals surface area (Å²) in [5, 5.41) is 2.56. The van der Waals surface area contributed by atoms with Crippen LogP contribution in [0, 0.1) is 0 Å². The van der Waals surface area contributed by atoms with E-state index < -0.39 is 0 Å². The number of fused-ring (bicyclic) bond motifs is 4. The van der Waals surface area contributed by atoms with Gasteiger partial charge in [-0.05, 0) is 47.0 Å². The molecular formula is C27H23N3. The minimum atomic E-state index is 0.167. The monoisotopic (exact) mass is 389 g/mol. The summed E-state index contributed by atoms with van der Waals surface area (Å²) >= 11 is 0. The molecule has 0 fully saturated rings. The van der Waals surface area contributed by atoms with E-state index in [-0.39, 0.29) is 12.1 Å². The van der Waals surface area contributed by atoms with E-state index in [1.54, 1.807) is 0 Å². The molecule has 0 saturated heterocycles. The van der Waals surface area contributed by atoms with Gasteiger partial charge >= 0.3 is 0 Å². The van der Waals surface area contributed by atoms with Gasteiger partial charge in [-0.25, -0.2) is 4.99 Å². The van der Waals surface area contributed by atoms with Gasteiger partial charge in [0, 0.05) is 0 Å². The molecule has 2 atom stereocenters. The number of aliphatic imine (C=N–C) groups is 1. The Morgan fingerprint density at radius 3 is 2.30 bits per heavy atom. The van der Waals surface area contributed by atoms with E-state index in [4.69, 9.17) is 4.99 Å². The van der Waals surface area contributed by atoms with Gasteiger partial charge < -0.3 is 9.80 Å². The molecule has 0 bridgehead atoms. The van der Waals surface area contributed by atoms with Crippen LogP contribution in [0.15, 0.2) is 102 Å². The van der Waals surface area contributed by atoms with Crippen molar-refractivity contribution in [3.8, 4) is 0 Å². The van der Waals surface area contributed by atoms with Crippen molar-refractivity contribution in [2.45, 2.75) is 19.0 Å². The van der Waals surface area contributed by atoms with Crippen LogP contribution in [0.25, 0.3) is 10.8 Å². The van der Waals surface area contributed by atoms with Gasteiger partial charge in [0.25, 0.3) is 0 Å². The number of hydrogen-bond acceptors (Lipinski definition) is 3. The molecule has 2 aliphatic rings.